The second-order valence-corrected chi connectivity index (χ2v) is 9.60. The molecule has 1 atom stereocenters. The van der Waals surface area contributed by atoms with Gasteiger partial charge in [-0.05, 0) is 52.2 Å². The summed E-state index contributed by atoms with van der Waals surface area (Å²) in [4.78, 5) is 23.4. The quantitative estimate of drug-likeness (QED) is 0.507. The van der Waals surface area contributed by atoms with E-state index < -0.39 is 31.2 Å². The molecule has 0 aliphatic rings. The maximum Gasteiger partial charge on any atom is 0.407 e. The van der Waals surface area contributed by atoms with Gasteiger partial charge >= 0.3 is 19.7 Å². The van der Waals surface area contributed by atoms with E-state index in [9.17, 15) is 19.3 Å². The number of ether oxygens (including phenoxy) is 1. The molecule has 0 aliphatic heterocycles. The molecular formula is C20H32NO7P. The minimum Gasteiger partial charge on any atom is -0.481 e. The minimum atomic E-state index is -3.25. The highest BCUT2D eigenvalue weighted by atomic mass is 31.2. The van der Waals surface area contributed by atoms with E-state index in [2.05, 4.69) is 5.32 Å². The third-order valence-corrected chi connectivity index (χ3v) is 5.80. The summed E-state index contributed by atoms with van der Waals surface area (Å²) in [5, 5.41) is 12.0. The Bertz CT molecular complexity index is 720. The molecule has 9 heteroatoms. The Morgan fingerprint density at radius 2 is 1.72 bits per heavy atom. The van der Waals surface area contributed by atoms with Crippen molar-refractivity contribution >= 4 is 19.7 Å². The number of nitrogens with one attached hydrogen (secondary N) is 1. The van der Waals surface area contributed by atoms with Gasteiger partial charge in [-0.25, -0.2) is 4.79 Å². The van der Waals surface area contributed by atoms with Crippen molar-refractivity contribution in [3.63, 3.8) is 0 Å². The lowest BCUT2D eigenvalue weighted by molar-refractivity contribution is -0.141. The number of carboxylic acid groups (broad SMARTS) is 1. The van der Waals surface area contributed by atoms with Crippen LogP contribution in [0.1, 0.15) is 45.7 Å². The van der Waals surface area contributed by atoms with E-state index in [0.717, 1.165) is 11.1 Å². The van der Waals surface area contributed by atoms with E-state index in [1.807, 2.05) is 0 Å². The molecule has 8 nitrogen and oxygen atoms in total. The van der Waals surface area contributed by atoms with Crippen molar-refractivity contribution in [1.29, 1.82) is 0 Å². The lowest BCUT2D eigenvalue weighted by Crippen LogP contribution is -2.37. The van der Waals surface area contributed by atoms with E-state index >= 15 is 0 Å². The van der Waals surface area contributed by atoms with Crippen LogP contribution in [0.5, 0.6) is 0 Å². The summed E-state index contributed by atoms with van der Waals surface area (Å²) in [5.41, 5.74) is 0.823. The number of aliphatic carboxylic acids is 1. The average Bonchev–Trinajstić information content (AvgIpc) is 2.57. The second kappa shape index (κ2) is 11.3. The molecule has 1 aromatic rings. The summed E-state index contributed by atoms with van der Waals surface area (Å²) < 4.78 is 28.5. The number of benzene rings is 1. The molecule has 0 bridgehead atoms. The van der Waals surface area contributed by atoms with Crippen molar-refractivity contribution in [3.8, 4) is 0 Å². The SMILES string of the molecule is CCOP(=O)(Cc1cccc(C[C@H](CNC(=O)OC(C)(C)C)C(=O)O)c1)OCC. The molecule has 0 unspecified atom stereocenters. The van der Waals surface area contributed by atoms with Crippen molar-refractivity contribution in [3.05, 3.63) is 35.4 Å². The Labute approximate surface area is 172 Å². The molecule has 0 saturated heterocycles. The number of hydrogen-bond acceptors (Lipinski definition) is 6. The van der Waals surface area contributed by atoms with Crippen molar-refractivity contribution < 1.29 is 33.0 Å². The van der Waals surface area contributed by atoms with E-state index in [0.29, 0.717) is 0 Å². The maximum atomic E-state index is 12.7. The average molecular weight is 429 g/mol. The predicted octanol–water partition coefficient (Wildman–Crippen LogP) is 4.22. The van der Waals surface area contributed by atoms with Gasteiger partial charge in [-0.3, -0.25) is 9.36 Å². The first kappa shape index (κ1) is 25.1. The van der Waals surface area contributed by atoms with Crippen LogP contribution in [0.25, 0.3) is 0 Å². The summed E-state index contributed by atoms with van der Waals surface area (Å²) in [6, 6.07) is 7.14. The third kappa shape index (κ3) is 9.92. The lowest BCUT2D eigenvalue weighted by atomic mass is 9.98. The molecule has 29 heavy (non-hydrogen) atoms. The van der Waals surface area contributed by atoms with Crippen molar-refractivity contribution in [2.75, 3.05) is 19.8 Å². The molecule has 0 saturated carbocycles. The van der Waals surface area contributed by atoms with Gasteiger partial charge in [0.05, 0.1) is 25.3 Å². The van der Waals surface area contributed by atoms with Gasteiger partial charge in [-0.15, -0.1) is 0 Å². The second-order valence-electron chi connectivity index (χ2n) is 7.55. The fraction of sp³-hybridized carbons (Fsp3) is 0.600. The molecule has 0 aliphatic carbocycles. The molecular weight excluding hydrogens is 397 g/mol. The number of carboxylic acids is 1. The van der Waals surface area contributed by atoms with Gasteiger partial charge in [0.2, 0.25) is 0 Å². The van der Waals surface area contributed by atoms with E-state index in [1.54, 1.807) is 58.9 Å². The third-order valence-electron chi connectivity index (χ3n) is 3.74. The topological polar surface area (TPSA) is 111 Å². The largest absolute Gasteiger partial charge is 0.481 e. The maximum absolute atomic E-state index is 12.7. The van der Waals surface area contributed by atoms with Gasteiger partial charge in [0.25, 0.3) is 0 Å². The first-order chi connectivity index (χ1) is 13.5. The van der Waals surface area contributed by atoms with Crippen molar-refractivity contribution in [2.24, 2.45) is 5.92 Å². The Balaban J connectivity index is 2.81. The van der Waals surface area contributed by atoms with Crippen LogP contribution in [-0.4, -0.2) is 42.5 Å². The molecule has 1 rings (SSSR count). The number of rotatable bonds is 11. The number of alkyl carbamates (subject to hydrolysis) is 1. The van der Waals surface area contributed by atoms with E-state index in [4.69, 9.17) is 13.8 Å². The molecule has 0 radical (unpaired) electrons. The minimum absolute atomic E-state index is 0.0646. The standard InChI is InChI=1S/C20H32NO7P/c1-6-26-29(25,27-7-2)14-16-10-8-9-15(11-16)12-17(18(22)23)13-21-19(24)28-20(3,4)5/h8-11,17H,6-7,12-14H2,1-5H3,(H,21,24)(H,22,23)/t17-/m1/s1. The Hall–Kier alpha value is -1.89. The summed E-state index contributed by atoms with van der Waals surface area (Å²) in [6.07, 6.45) is -0.352. The fourth-order valence-corrected chi connectivity index (χ4v) is 4.34. The van der Waals surface area contributed by atoms with Crippen molar-refractivity contribution in [2.45, 2.75) is 52.8 Å². The van der Waals surface area contributed by atoms with E-state index in [-0.39, 0.29) is 32.3 Å². The molecule has 1 aromatic carbocycles. The fourth-order valence-electron chi connectivity index (χ4n) is 2.65. The van der Waals surface area contributed by atoms with Crippen LogP contribution in [0.4, 0.5) is 4.79 Å². The van der Waals surface area contributed by atoms with Crippen LogP contribution in [0.15, 0.2) is 24.3 Å². The predicted molar refractivity (Wildman–Crippen MR) is 110 cm³/mol. The number of amides is 1. The Kier molecular flexibility index (Phi) is 9.83. The highest BCUT2D eigenvalue weighted by Crippen LogP contribution is 2.51. The first-order valence-corrected chi connectivity index (χ1v) is 11.4. The van der Waals surface area contributed by atoms with Crippen LogP contribution in [0, 0.1) is 5.92 Å². The molecule has 0 spiro atoms. The smallest absolute Gasteiger partial charge is 0.407 e. The molecule has 0 fully saturated rings. The van der Waals surface area contributed by atoms with Crippen LogP contribution < -0.4 is 5.32 Å². The molecule has 0 heterocycles. The zero-order valence-electron chi connectivity index (χ0n) is 17.8. The van der Waals surface area contributed by atoms with Crippen LogP contribution >= 0.6 is 7.60 Å². The summed E-state index contributed by atoms with van der Waals surface area (Å²) in [7, 11) is -3.25. The van der Waals surface area contributed by atoms with Gasteiger partial charge < -0.3 is 24.2 Å². The van der Waals surface area contributed by atoms with Gasteiger partial charge in [0, 0.05) is 6.54 Å². The van der Waals surface area contributed by atoms with Gasteiger partial charge in [0.1, 0.15) is 5.60 Å². The summed E-state index contributed by atoms with van der Waals surface area (Å²) in [6.45, 7) is 9.17. The van der Waals surface area contributed by atoms with Crippen LogP contribution in [-0.2, 0) is 35.7 Å². The number of carbonyl (C=O) groups excluding carboxylic acids is 1. The monoisotopic (exact) mass is 429 g/mol. The zero-order chi connectivity index (χ0) is 22.1. The molecule has 164 valence electrons. The van der Waals surface area contributed by atoms with Gasteiger partial charge in [-0.2, -0.15) is 0 Å². The van der Waals surface area contributed by atoms with E-state index in [1.165, 1.54) is 0 Å². The molecule has 2 N–H and O–H groups in total. The highest BCUT2D eigenvalue weighted by molar-refractivity contribution is 7.53. The number of hydrogen-bond donors (Lipinski definition) is 2. The normalized spacial score (nSPS) is 13.0. The summed E-state index contributed by atoms with van der Waals surface area (Å²) >= 11 is 0. The Morgan fingerprint density at radius 1 is 1.14 bits per heavy atom. The Morgan fingerprint density at radius 3 is 2.24 bits per heavy atom. The lowest BCUT2D eigenvalue weighted by Gasteiger charge is -2.21. The molecule has 0 aromatic heterocycles. The van der Waals surface area contributed by atoms with Crippen LogP contribution in [0.3, 0.4) is 0 Å². The first-order valence-electron chi connectivity index (χ1n) is 9.63. The van der Waals surface area contributed by atoms with Gasteiger partial charge in [-0.1, -0.05) is 24.3 Å². The highest BCUT2D eigenvalue weighted by Gasteiger charge is 2.25. The zero-order valence-corrected chi connectivity index (χ0v) is 18.7. The number of carbonyl (C=O) groups is 2. The van der Waals surface area contributed by atoms with Crippen LogP contribution in [0.2, 0.25) is 0 Å². The van der Waals surface area contributed by atoms with Gasteiger partial charge in [0.15, 0.2) is 0 Å². The summed E-state index contributed by atoms with van der Waals surface area (Å²) in [5.74, 6) is -1.86. The van der Waals surface area contributed by atoms with Crippen molar-refractivity contribution in [1.82, 2.24) is 5.32 Å². The molecule has 1 amide bonds.